The van der Waals surface area contributed by atoms with E-state index in [0.29, 0.717) is 5.56 Å². The average molecular weight is 355 g/mol. The van der Waals surface area contributed by atoms with Gasteiger partial charge in [0, 0.05) is 6.20 Å². The van der Waals surface area contributed by atoms with Gasteiger partial charge in [0.1, 0.15) is 6.54 Å². The molecular weight excluding hydrogens is 339 g/mol. The number of benzene rings is 1. The summed E-state index contributed by atoms with van der Waals surface area (Å²) in [6.45, 7) is 3.15. The summed E-state index contributed by atoms with van der Waals surface area (Å²) >= 11 is 0. The molecule has 0 aliphatic rings. The van der Waals surface area contributed by atoms with Crippen LogP contribution in [0.4, 0.5) is 13.2 Å². The Hall–Kier alpha value is -2.84. The summed E-state index contributed by atoms with van der Waals surface area (Å²) in [5.74, 6) is -2.03. The highest BCUT2D eigenvalue weighted by Gasteiger charge is 2.33. The van der Waals surface area contributed by atoms with Gasteiger partial charge in [-0.2, -0.15) is 18.3 Å². The molecule has 2 N–H and O–H groups in total. The van der Waals surface area contributed by atoms with Gasteiger partial charge in [-0.3, -0.25) is 9.48 Å². The van der Waals surface area contributed by atoms with Crippen molar-refractivity contribution >= 4 is 11.9 Å². The Kier molecular flexibility index (Phi) is 5.15. The molecule has 9 heteroatoms. The quantitative estimate of drug-likeness (QED) is 0.863. The fourth-order valence-corrected chi connectivity index (χ4v) is 2.19. The number of hydrogen-bond acceptors (Lipinski definition) is 3. The monoisotopic (exact) mass is 355 g/mol. The number of halogens is 3. The van der Waals surface area contributed by atoms with Crippen LogP contribution in [0.5, 0.6) is 0 Å². The number of carboxylic acid groups (broad SMARTS) is 1. The normalized spacial score (nSPS) is 12.7. The van der Waals surface area contributed by atoms with Crippen LogP contribution in [0.2, 0.25) is 0 Å². The lowest BCUT2D eigenvalue weighted by atomic mass is 10.0. The van der Waals surface area contributed by atoms with Gasteiger partial charge in [-0.05, 0) is 36.6 Å². The molecule has 1 heterocycles. The second-order valence-corrected chi connectivity index (χ2v) is 5.58. The minimum atomic E-state index is -4.61. The van der Waals surface area contributed by atoms with E-state index in [1.807, 2.05) is 13.8 Å². The van der Waals surface area contributed by atoms with Crippen molar-refractivity contribution in [3.63, 3.8) is 0 Å². The number of amides is 1. The highest BCUT2D eigenvalue weighted by atomic mass is 19.4. The van der Waals surface area contributed by atoms with E-state index in [2.05, 4.69) is 10.4 Å². The second kappa shape index (κ2) is 6.96. The lowest BCUT2D eigenvalue weighted by Gasteiger charge is -2.16. The van der Waals surface area contributed by atoms with E-state index in [9.17, 15) is 27.9 Å². The van der Waals surface area contributed by atoms with Crippen molar-refractivity contribution in [3.05, 3.63) is 52.8 Å². The van der Waals surface area contributed by atoms with Crippen LogP contribution in [-0.2, 0) is 22.3 Å². The third kappa shape index (κ3) is 4.59. The molecule has 0 fully saturated rings. The second-order valence-electron chi connectivity index (χ2n) is 5.58. The van der Waals surface area contributed by atoms with Gasteiger partial charge in [-0.25, -0.2) is 4.79 Å². The molecule has 2 aromatic rings. The van der Waals surface area contributed by atoms with Crippen molar-refractivity contribution in [1.82, 2.24) is 15.1 Å². The first kappa shape index (κ1) is 18.5. The van der Waals surface area contributed by atoms with Gasteiger partial charge < -0.3 is 10.4 Å². The minimum absolute atomic E-state index is 0.375. The number of aryl methyl sites for hydroxylation is 2. The smallest absolute Gasteiger partial charge is 0.435 e. The molecule has 0 aliphatic carbocycles. The summed E-state index contributed by atoms with van der Waals surface area (Å²) in [6, 6.07) is 4.40. The SMILES string of the molecule is Cc1ccc(C(NC(=O)Cn2ccc(C(F)(F)F)n2)C(=O)O)cc1C. The maximum Gasteiger partial charge on any atom is 0.435 e. The molecule has 0 bridgehead atoms. The third-order valence-corrected chi connectivity index (χ3v) is 3.65. The van der Waals surface area contributed by atoms with Crippen molar-refractivity contribution in [2.75, 3.05) is 0 Å². The van der Waals surface area contributed by atoms with Gasteiger partial charge in [0.2, 0.25) is 5.91 Å². The van der Waals surface area contributed by atoms with Crippen molar-refractivity contribution < 1.29 is 27.9 Å². The maximum absolute atomic E-state index is 12.5. The number of carbonyl (C=O) groups excluding carboxylic acids is 1. The van der Waals surface area contributed by atoms with E-state index in [4.69, 9.17) is 0 Å². The number of carboxylic acids is 1. The summed E-state index contributed by atoms with van der Waals surface area (Å²) in [6.07, 6.45) is -3.60. The number of aromatic nitrogens is 2. The van der Waals surface area contributed by atoms with Crippen LogP contribution in [0.25, 0.3) is 0 Å². The molecule has 0 saturated carbocycles. The van der Waals surface area contributed by atoms with Crippen LogP contribution in [0.1, 0.15) is 28.4 Å². The zero-order valence-corrected chi connectivity index (χ0v) is 13.5. The summed E-state index contributed by atoms with van der Waals surface area (Å²) in [7, 11) is 0. The highest BCUT2D eigenvalue weighted by Crippen LogP contribution is 2.27. The van der Waals surface area contributed by atoms with Crippen LogP contribution < -0.4 is 5.32 Å². The first-order chi connectivity index (χ1) is 11.6. The van der Waals surface area contributed by atoms with Gasteiger partial charge in [-0.15, -0.1) is 0 Å². The van der Waals surface area contributed by atoms with Crippen LogP contribution in [0, 0.1) is 13.8 Å². The first-order valence-electron chi connectivity index (χ1n) is 7.28. The predicted octanol–water partition coefficient (Wildman–Crippen LogP) is 2.46. The van der Waals surface area contributed by atoms with E-state index in [1.165, 1.54) is 0 Å². The van der Waals surface area contributed by atoms with E-state index in [1.54, 1.807) is 18.2 Å². The van der Waals surface area contributed by atoms with E-state index >= 15 is 0 Å². The summed E-state index contributed by atoms with van der Waals surface area (Å²) < 4.78 is 38.3. The molecule has 134 valence electrons. The Morgan fingerprint density at radius 3 is 2.44 bits per heavy atom. The number of alkyl halides is 3. The average Bonchev–Trinajstić information content (AvgIpc) is 2.96. The van der Waals surface area contributed by atoms with Crippen LogP contribution >= 0.6 is 0 Å². The van der Waals surface area contributed by atoms with Gasteiger partial charge in [0.05, 0.1) is 0 Å². The predicted molar refractivity (Wildman–Crippen MR) is 81.7 cm³/mol. The van der Waals surface area contributed by atoms with Crippen LogP contribution in [0.15, 0.2) is 30.5 Å². The van der Waals surface area contributed by atoms with E-state index in [0.717, 1.165) is 28.1 Å². The first-order valence-corrected chi connectivity index (χ1v) is 7.28. The van der Waals surface area contributed by atoms with E-state index in [-0.39, 0.29) is 0 Å². The summed E-state index contributed by atoms with van der Waals surface area (Å²) in [5, 5.41) is 14.9. The number of rotatable bonds is 5. The number of nitrogens with zero attached hydrogens (tertiary/aromatic N) is 2. The molecule has 0 aliphatic heterocycles. The number of carbonyl (C=O) groups is 2. The Bertz CT molecular complexity index is 799. The minimum Gasteiger partial charge on any atom is -0.479 e. The molecule has 1 aromatic carbocycles. The maximum atomic E-state index is 12.5. The van der Waals surface area contributed by atoms with E-state index < -0.39 is 36.3 Å². The third-order valence-electron chi connectivity index (χ3n) is 3.65. The van der Waals surface area contributed by atoms with Crippen molar-refractivity contribution in [2.24, 2.45) is 0 Å². The van der Waals surface area contributed by atoms with Gasteiger partial charge in [-0.1, -0.05) is 18.2 Å². The zero-order chi connectivity index (χ0) is 18.8. The molecule has 1 amide bonds. The molecule has 1 unspecified atom stereocenters. The molecular formula is C16H16F3N3O3. The van der Waals surface area contributed by atoms with Crippen molar-refractivity contribution in [1.29, 1.82) is 0 Å². The molecule has 0 saturated heterocycles. The Labute approximate surface area is 141 Å². The van der Waals surface area contributed by atoms with Gasteiger partial charge in [0.25, 0.3) is 0 Å². The molecule has 25 heavy (non-hydrogen) atoms. The highest BCUT2D eigenvalue weighted by molar-refractivity contribution is 5.84. The lowest BCUT2D eigenvalue weighted by Crippen LogP contribution is -2.36. The fourth-order valence-electron chi connectivity index (χ4n) is 2.19. The lowest BCUT2D eigenvalue weighted by molar-refractivity contribution is -0.142. The molecule has 1 aromatic heterocycles. The number of nitrogens with one attached hydrogen (secondary N) is 1. The Morgan fingerprint density at radius 1 is 1.24 bits per heavy atom. The van der Waals surface area contributed by atoms with Crippen molar-refractivity contribution in [3.8, 4) is 0 Å². The number of hydrogen-bond donors (Lipinski definition) is 2. The standard InChI is InChI=1S/C16H16F3N3O3/c1-9-3-4-11(7-10(9)2)14(15(24)25)20-13(23)8-22-6-5-12(21-22)16(17,18)19/h3-7,14H,8H2,1-2H3,(H,20,23)(H,24,25). The largest absolute Gasteiger partial charge is 0.479 e. The topological polar surface area (TPSA) is 84.2 Å². The zero-order valence-electron chi connectivity index (χ0n) is 13.5. The Balaban J connectivity index is 2.11. The molecule has 0 spiro atoms. The molecule has 2 rings (SSSR count). The van der Waals surface area contributed by atoms with Crippen molar-refractivity contribution in [2.45, 2.75) is 32.6 Å². The molecule has 1 atom stereocenters. The molecule has 6 nitrogen and oxygen atoms in total. The van der Waals surface area contributed by atoms with Gasteiger partial charge >= 0.3 is 12.1 Å². The van der Waals surface area contributed by atoms with Crippen LogP contribution in [0.3, 0.4) is 0 Å². The summed E-state index contributed by atoms with van der Waals surface area (Å²) in [5.41, 5.74) is 1.08. The van der Waals surface area contributed by atoms with Gasteiger partial charge in [0.15, 0.2) is 11.7 Å². The summed E-state index contributed by atoms with van der Waals surface area (Å²) in [4.78, 5) is 23.4. The number of aliphatic carboxylic acids is 1. The van der Waals surface area contributed by atoms with Crippen LogP contribution in [-0.4, -0.2) is 26.8 Å². The Morgan fingerprint density at radius 2 is 1.92 bits per heavy atom. The molecule has 0 radical (unpaired) electrons. The fraction of sp³-hybridized carbons (Fsp3) is 0.312.